The molecule has 21 heavy (non-hydrogen) atoms. The molecule has 0 spiro atoms. The summed E-state index contributed by atoms with van der Waals surface area (Å²) in [4.78, 5) is 0. The van der Waals surface area contributed by atoms with E-state index in [-0.39, 0.29) is 11.3 Å². The van der Waals surface area contributed by atoms with Gasteiger partial charge < -0.3 is 16.3 Å². The maximum Gasteiger partial charge on any atom is 0.144 e. The Balaban J connectivity index is 2.40. The zero-order valence-electron chi connectivity index (χ0n) is 12.7. The average Bonchev–Trinajstić information content (AvgIpc) is 2.42. The molecule has 0 aliphatic carbocycles. The van der Waals surface area contributed by atoms with Crippen LogP contribution in [-0.4, -0.2) is 17.6 Å². The van der Waals surface area contributed by atoms with Crippen LogP contribution in [0.5, 0.6) is 0 Å². The van der Waals surface area contributed by atoms with Crippen LogP contribution >= 0.6 is 27.5 Å². The van der Waals surface area contributed by atoms with E-state index >= 15 is 0 Å². The van der Waals surface area contributed by atoms with Crippen molar-refractivity contribution in [3.63, 3.8) is 0 Å². The molecule has 1 aromatic carbocycles. The lowest BCUT2D eigenvalue weighted by Gasteiger charge is -2.22. The Hall–Kier alpha value is -0.940. The smallest absolute Gasteiger partial charge is 0.144 e. The highest BCUT2D eigenvalue weighted by Gasteiger charge is 2.22. The third kappa shape index (κ3) is 5.40. The van der Waals surface area contributed by atoms with E-state index in [4.69, 9.17) is 22.5 Å². The molecule has 0 bridgehead atoms. The number of amidine groups is 1. The minimum Gasteiger partial charge on any atom is -0.409 e. The quantitative estimate of drug-likeness (QED) is 0.211. The van der Waals surface area contributed by atoms with Crippen LogP contribution in [0, 0.1) is 12.3 Å². The summed E-state index contributed by atoms with van der Waals surface area (Å²) in [5.74, 6) is 0.281. The fraction of sp³-hybridized carbons (Fsp3) is 0.533. The number of nitrogens with zero attached hydrogens (tertiary/aromatic N) is 1. The number of aryl methyl sites for hydroxylation is 1. The van der Waals surface area contributed by atoms with Crippen molar-refractivity contribution in [3.05, 3.63) is 27.2 Å². The highest BCUT2D eigenvalue weighted by Crippen LogP contribution is 2.29. The largest absolute Gasteiger partial charge is 0.409 e. The number of rotatable bonds is 7. The highest BCUT2D eigenvalue weighted by atomic mass is 79.9. The summed E-state index contributed by atoms with van der Waals surface area (Å²) in [5.41, 5.74) is 7.45. The van der Waals surface area contributed by atoms with Crippen LogP contribution in [0.25, 0.3) is 0 Å². The minimum absolute atomic E-state index is 0.275. The molecule has 0 heterocycles. The Labute approximate surface area is 139 Å². The molecule has 0 saturated carbocycles. The van der Waals surface area contributed by atoms with Gasteiger partial charge in [-0.05, 0) is 53.4 Å². The number of nitrogens with one attached hydrogen (secondary N) is 1. The topological polar surface area (TPSA) is 70.6 Å². The van der Waals surface area contributed by atoms with Gasteiger partial charge in [-0.25, -0.2) is 0 Å². The third-order valence-corrected chi connectivity index (χ3v) is 4.66. The molecule has 4 nitrogen and oxygen atoms in total. The van der Waals surface area contributed by atoms with Crippen molar-refractivity contribution in [2.45, 2.75) is 40.0 Å². The Morgan fingerprint density at radius 3 is 2.71 bits per heavy atom. The van der Waals surface area contributed by atoms with E-state index in [1.54, 1.807) is 0 Å². The van der Waals surface area contributed by atoms with Gasteiger partial charge in [-0.1, -0.05) is 37.0 Å². The monoisotopic (exact) mass is 375 g/mol. The molecular formula is C15H23BrClN3O. The summed E-state index contributed by atoms with van der Waals surface area (Å²) in [5, 5.41) is 16.0. The van der Waals surface area contributed by atoms with Crippen LogP contribution in [0.4, 0.5) is 5.69 Å². The van der Waals surface area contributed by atoms with Crippen molar-refractivity contribution >= 4 is 39.1 Å². The molecule has 118 valence electrons. The van der Waals surface area contributed by atoms with Crippen molar-refractivity contribution in [1.29, 1.82) is 0 Å². The van der Waals surface area contributed by atoms with E-state index in [1.807, 2.05) is 32.9 Å². The summed E-state index contributed by atoms with van der Waals surface area (Å²) >= 11 is 9.65. The summed E-state index contributed by atoms with van der Waals surface area (Å²) in [6.07, 6.45) is 2.87. The molecule has 0 saturated heterocycles. The summed E-state index contributed by atoms with van der Waals surface area (Å²) < 4.78 is 1.02. The molecule has 0 aliphatic rings. The van der Waals surface area contributed by atoms with Gasteiger partial charge in [-0.15, -0.1) is 0 Å². The summed E-state index contributed by atoms with van der Waals surface area (Å²) in [6.45, 7) is 6.79. The van der Waals surface area contributed by atoms with E-state index in [0.717, 1.165) is 46.6 Å². The van der Waals surface area contributed by atoms with Gasteiger partial charge in [0.25, 0.3) is 0 Å². The molecular weight excluding hydrogens is 354 g/mol. The molecule has 0 amide bonds. The van der Waals surface area contributed by atoms with E-state index < -0.39 is 0 Å². The van der Waals surface area contributed by atoms with Crippen molar-refractivity contribution in [1.82, 2.24) is 0 Å². The number of oxime groups is 1. The van der Waals surface area contributed by atoms with Gasteiger partial charge in [0.1, 0.15) is 5.84 Å². The number of hydrogen-bond donors (Lipinski definition) is 3. The van der Waals surface area contributed by atoms with Crippen molar-refractivity contribution in [2.24, 2.45) is 16.3 Å². The fourth-order valence-corrected chi connectivity index (χ4v) is 2.72. The maximum absolute atomic E-state index is 8.73. The number of halogens is 2. The molecule has 0 atom stereocenters. The van der Waals surface area contributed by atoms with Gasteiger partial charge in [-0.2, -0.15) is 0 Å². The summed E-state index contributed by atoms with van der Waals surface area (Å²) in [7, 11) is 0. The number of nitrogens with two attached hydrogens (primary N) is 1. The minimum atomic E-state index is -0.275. The van der Waals surface area contributed by atoms with E-state index in [9.17, 15) is 0 Å². The first-order valence-electron chi connectivity index (χ1n) is 6.95. The Morgan fingerprint density at radius 2 is 2.10 bits per heavy atom. The van der Waals surface area contributed by atoms with Crippen LogP contribution in [-0.2, 0) is 0 Å². The lowest BCUT2D eigenvalue weighted by Crippen LogP contribution is -2.31. The zero-order valence-corrected chi connectivity index (χ0v) is 15.1. The normalized spacial score (nSPS) is 12.5. The zero-order chi connectivity index (χ0) is 16.0. The number of anilines is 1. The lowest BCUT2D eigenvalue weighted by molar-refractivity contribution is 0.304. The van der Waals surface area contributed by atoms with Crippen LogP contribution in [0.3, 0.4) is 0 Å². The fourth-order valence-electron chi connectivity index (χ4n) is 1.96. The molecule has 4 N–H and O–H groups in total. The Kier molecular flexibility index (Phi) is 6.81. The van der Waals surface area contributed by atoms with E-state index in [2.05, 4.69) is 26.4 Å². The van der Waals surface area contributed by atoms with Crippen molar-refractivity contribution < 1.29 is 5.21 Å². The van der Waals surface area contributed by atoms with Gasteiger partial charge >= 0.3 is 0 Å². The van der Waals surface area contributed by atoms with Gasteiger partial charge in [-0.3, -0.25) is 0 Å². The Morgan fingerprint density at radius 1 is 1.43 bits per heavy atom. The number of benzene rings is 1. The van der Waals surface area contributed by atoms with Crippen molar-refractivity contribution in [2.75, 3.05) is 11.9 Å². The average molecular weight is 377 g/mol. The lowest BCUT2D eigenvalue weighted by atomic mass is 9.86. The molecule has 0 radical (unpaired) electrons. The molecule has 1 aromatic rings. The molecule has 0 aromatic heterocycles. The second-order valence-corrected chi connectivity index (χ2v) is 7.10. The van der Waals surface area contributed by atoms with Gasteiger partial charge in [0.2, 0.25) is 0 Å². The number of unbranched alkanes of at least 4 members (excludes halogenated alkanes) is 1. The Bertz CT molecular complexity index is 518. The van der Waals surface area contributed by atoms with Gasteiger partial charge in [0.05, 0.1) is 0 Å². The predicted molar refractivity (Wildman–Crippen MR) is 93.4 cm³/mol. The van der Waals surface area contributed by atoms with Crippen LogP contribution in [0.2, 0.25) is 5.02 Å². The van der Waals surface area contributed by atoms with Gasteiger partial charge in [0, 0.05) is 27.1 Å². The highest BCUT2D eigenvalue weighted by molar-refractivity contribution is 9.10. The molecule has 6 heteroatoms. The molecule has 0 unspecified atom stereocenters. The van der Waals surface area contributed by atoms with Gasteiger partial charge in [0.15, 0.2) is 0 Å². The predicted octanol–water partition coefficient (Wildman–Crippen LogP) is 4.77. The first kappa shape index (κ1) is 18.1. The second kappa shape index (κ2) is 7.90. The van der Waals surface area contributed by atoms with Crippen LogP contribution < -0.4 is 11.1 Å². The SMILES string of the molecule is Cc1cc(Br)c(NCCCCC(C)(C)/C(N)=N/O)cc1Cl. The third-order valence-electron chi connectivity index (χ3n) is 3.59. The first-order valence-corrected chi connectivity index (χ1v) is 8.12. The van der Waals surface area contributed by atoms with E-state index in [0.29, 0.717) is 0 Å². The van der Waals surface area contributed by atoms with Crippen molar-refractivity contribution in [3.8, 4) is 0 Å². The maximum atomic E-state index is 8.73. The molecule has 0 aliphatic heterocycles. The summed E-state index contributed by atoms with van der Waals surface area (Å²) in [6, 6.07) is 3.94. The number of hydrogen-bond acceptors (Lipinski definition) is 3. The van der Waals surface area contributed by atoms with Crippen LogP contribution in [0.15, 0.2) is 21.8 Å². The van der Waals surface area contributed by atoms with E-state index in [1.165, 1.54) is 0 Å². The molecule has 1 rings (SSSR count). The second-order valence-electron chi connectivity index (χ2n) is 5.83. The molecule has 0 fully saturated rings. The van der Waals surface area contributed by atoms with Crippen LogP contribution in [0.1, 0.15) is 38.7 Å². The first-order chi connectivity index (χ1) is 9.77. The standard InChI is InChI=1S/C15H23BrClN3O/c1-10-8-11(16)13(9-12(10)17)19-7-5-4-6-15(2,3)14(18)20-21/h8-9,19,21H,4-7H2,1-3H3,(H2,18,20).